The third-order valence-electron chi connectivity index (χ3n) is 12.9. The Balaban J connectivity index is 0.00000518. The summed E-state index contributed by atoms with van der Waals surface area (Å²) in [4.78, 5) is 9.41. The van der Waals surface area contributed by atoms with Gasteiger partial charge in [-0.2, -0.15) is 6.07 Å². The maximum absolute atomic E-state index is 6.92. The summed E-state index contributed by atoms with van der Waals surface area (Å²) in [6.07, 6.45) is 1.91. The second-order valence-electron chi connectivity index (χ2n) is 18.7. The fraction of sp³-hybridized carbons (Fsp3) is 0.172. The number of pyridine rings is 1. The fourth-order valence-electron chi connectivity index (χ4n) is 8.97. The molecular weight excluding hydrogens is 964 g/mol. The molecule has 0 atom stereocenters. The van der Waals surface area contributed by atoms with Crippen molar-refractivity contribution in [2.24, 2.45) is 0 Å². The van der Waals surface area contributed by atoms with Crippen LogP contribution < -0.4 is 14.5 Å². The second kappa shape index (κ2) is 16.6. The van der Waals surface area contributed by atoms with Gasteiger partial charge in [-0.3, -0.25) is 0 Å². The number of ether oxygens (including phenoxy) is 1. The molecule has 2 aromatic heterocycles. The number of nitrogens with zero attached hydrogens (tertiary/aromatic N) is 4. The molecule has 0 saturated heterocycles. The first-order valence-electron chi connectivity index (χ1n) is 21.8. The molecule has 0 radical (unpaired) electrons. The number of aromatic nitrogens is 2. The van der Waals surface area contributed by atoms with Gasteiger partial charge in [0.1, 0.15) is 5.82 Å². The van der Waals surface area contributed by atoms with Gasteiger partial charge in [-0.1, -0.05) is 157 Å². The maximum Gasteiger partial charge on any atom is 0.135 e. The zero-order valence-corrected chi connectivity index (χ0v) is 39.6. The smallest absolute Gasteiger partial charge is 0.135 e. The van der Waals surface area contributed by atoms with Crippen molar-refractivity contribution >= 4 is 44.6 Å². The van der Waals surface area contributed by atoms with Crippen LogP contribution in [-0.4, -0.2) is 9.55 Å². The number of hydrogen-bond acceptors (Lipinski definition) is 4. The van der Waals surface area contributed by atoms with Gasteiger partial charge in [0, 0.05) is 66.8 Å². The van der Waals surface area contributed by atoms with E-state index < -0.39 is 0 Å². The molecule has 1 aliphatic rings. The molecule has 0 amide bonds. The molecule has 0 bridgehead atoms. The van der Waals surface area contributed by atoms with E-state index in [1.54, 1.807) is 0 Å². The van der Waals surface area contributed by atoms with Crippen LogP contribution in [0, 0.1) is 18.8 Å². The summed E-state index contributed by atoms with van der Waals surface area (Å²) in [6, 6.07) is 67.6. The van der Waals surface area contributed by atoms with Crippen molar-refractivity contribution in [1.82, 2.24) is 9.55 Å². The van der Waals surface area contributed by atoms with Crippen LogP contribution in [0.2, 0.25) is 0 Å². The van der Waals surface area contributed by atoms with E-state index in [4.69, 9.17) is 9.72 Å². The summed E-state index contributed by atoms with van der Waals surface area (Å²) in [5.41, 5.74) is 11.6. The van der Waals surface area contributed by atoms with Gasteiger partial charge < -0.3 is 19.1 Å². The zero-order valence-electron chi connectivity index (χ0n) is 37.3. The van der Waals surface area contributed by atoms with Crippen LogP contribution in [0.15, 0.2) is 176 Å². The van der Waals surface area contributed by atoms with Crippen LogP contribution >= 0.6 is 0 Å². The number of fused-ring (bicyclic) bond motifs is 4. The Morgan fingerprint density at radius 1 is 0.500 bits per heavy atom. The van der Waals surface area contributed by atoms with Crippen molar-refractivity contribution in [2.45, 2.75) is 64.7 Å². The van der Waals surface area contributed by atoms with Crippen LogP contribution in [0.5, 0.6) is 11.5 Å². The van der Waals surface area contributed by atoms with Crippen LogP contribution in [-0.2, 0) is 37.3 Å². The topological polar surface area (TPSA) is 33.5 Å². The summed E-state index contributed by atoms with van der Waals surface area (Å²) >= 11 is 0. The monoisotopic (exact) mass is 1010 g/mol. The van der Waals surface area contributed by atoms with E-state index in [2.05, 4.69) is 245 Å². The summed E-state index contributed by atoms with van der Waals surface area (Å²) in [7, 11) is 0. The van der Waals surface area contributed by atoms with Crippen molar-refractivity contribution in [3.8, 4) is 17.3 Å². The normalized spacial score (nSPS) is 13.0. The van der Waals surface area contributed by atoms with Gasteiger partial charge in [0.05, 0.1) is 0 Å². The van der Waals surface area contributed by atoms with E-state index in [0.717, 1.165) is 55.9 Å². The predicted molar refractivity (Wildman–Crippen MR) is 260 cm³/mol. The molecule has 0 unspecified atom stereocenters. The molecule has 9 aromatic rings. The molecule has 0 aliphatic carbocycles. The van der Waals surface area contributed by atoms with Crippen molar-refractivity contribution in [3.05, 3.63) is 223 Å². The van der Waals surface area contributed by atoms with Gasteiger partial charge in [0.2, 0.25) is 0 Å². The Kier molecular flexibility index (Phi) is 11.1. The Morgan fingerprint density at radius 3 is 1.83 bits per heavy atom. The third-order valence-corrected chi connectivity index (χ3v) is 12.9. The van der Waals surface area contributed by atoms with Crippen LogP contribution in [0.1, 0.15) is 76.3 Å². The quantitative estimate of drug-likeness (QED) is 0.135. The number of hydrogen-bond donors (Lipinski definition) is 0. The number of anilines is 4. The molecular formula is C58H51N4OPt-3. The van der Waals surface area contributed by atoms with Crippen molar-refractivity contribution in [1.29, 1.82) is 0 Å². The minimum atomic E-state index is -0.358. The standard InChI is InChI=1S/C58H51N4O.Pt/c1-56(2,3)42-31-32-59-55(36-42)62-51-26-15-14-25-49(51)50-30-29-47(38-54(50)62)63-48-35-44(58(6,7)41-21-12-9-13-22-41)34-46(37-48)61-39-60(52-27-16-17-28-53(52)61)45-24-18-23-43(33-45)57(4,5)40-19-10-8-11-20-40;/h8-36,39H,1-7H3;/q-3;. The van der Waals surface area contributed by atoms with Gasteiger partial charge in [0.25, 0.3) is 0 Å². The van der Waals surface area contributed by atoms with E-state index in [0.29, 0.717) is 11.5 Å². The molecule has 0 saturated carbocycles. The van der Waals surface area contributed by atoms with E-state index in [-0.39, 0.29) is 37.3 Å². The summed E-state index contributed by atoms with van der Waals surface area (Å²) in [5.74, 6) is 2.05. The molecule has 6 heteroatoms. The molecule has 64 heavy (non-hydrogen) atoms. The first kappa shape index (κ1) is 42.9. The molecule has 10 rings (SSSR count). The fourth-order valence-corrected chi connectivity index (χ4v) is 8.97. The SMILES string of the molecule is CC(C)(C)c1ccnc(-n2c3[c-]c(Oc4[c-]c(N5[CH-]N(c6cccc(C(C)(C)c7ccccc7)c6)c6ccccc65)cc(C(C)(C)c5ccccc5)c4)ccc3c3ccccc32)c1.[Pt]. The van der Waals surface area contributed by atoms with Gasteiger partial charge in [-0.25, -0.2) is 4.98 Å². The Bertz CT molecular complexity index is 3130. The largest absolute Gasteiger partial charge is 0.509 e. The molecule has 3 heterocycles. The third kappa shape index (κ3) is 7.71. The van der Waals surface area contributed by atoms with Gasteiger partial charge in [-0.05, 0) is 80.9 Å². The van der Waals surface area contributed by atoms with E-state index in [9.17, 15) is 0 Å². The predicted octanol–water partition coefficient (Wildman–Crippen LogP) is 14.9. The van der Waals surface area contributed by atoms with Crippen LogP contribution in [0.4, 0.5) is 22.7 Å². The Labute approximate surface area is 392 Å². The molecule has 0 spiro atoms. The van der Waals surface area contributed by atoms with Gasteiger partial charge in [-0.15, -0.1) is 53.6 Å². The first-order valence-corrected chi connectivity index (χ1v) is 21.8. The number of para-hydroxylation sites is 3. The van der Waals surface area contributed by atoms with E-state index in [1.807, 2.05) is 12.3 Å². The minimum Gasteiger partial charge on any atom is -0.509 e. The van der Waals surface area contributed by atoms with Crippen molar-refractivity contribution in [2.75, 3.05) is 9.80 Å². The second-order valence-corrected chi connectivity index (χ2v) is 18.7. The average molecular weight is 1020 g/mol. The Hall–Kier alpha value is -6.42. The van der Waals surface area contributed by atoms with Crippen LogP contribution in [0.3, 0.4) is 0 Å². The number of benzene rings is 7. The summed E-state index contributed by atoms with van der Waals surface area (Å²) in [6.45, 7) is 18.0. The molecule has 0 fully saturated rings. The summed E-state index contributed by atoms with van der Waals surface area (Å²) in [5, 5.41) is 2.23. The van der Waals surface area contributed by atoms with Gasteiger partial charge in [0.15, 0.2) is 0 Å². The average Bonchev–Trinajstić information content (AvgIpc) is 3.85. The maximum atomic E-state index is 6.92. The first-order chi connectivity index (χ1) is 30.4. The van der Waals surface area contributed by atoms with Crippen molar-refractivity contribution in [3.63, 3.8) is 0 Å². The molecule has 7 aromatic carbocycles. The van der Waals surface area contributed by atoms with Crippen LogP contribution in [0.25, 0.3) is 27.6 Å². The number of rotatable bonds is 9. The molecule has 1 aliphatic heterocycles. The van der Waals surface area contributed by atoms with E-state index >= 15 is 0 Å². The van der Waals surface area contributed by atoms with Gasteiger partial charge >= 0.3 is 0 Å². The Morgan fingerprint density at radius 2 is 1.12 bits per heavy atom. The molecule has 322 valence electrons. The molecule has 0 N–H and O–H groups in total. The van der Waals surface area contributed by atoms with Crippen molar-refractivity contribution < 1.29 is 25.8 Å². The zero-order chi connectivity index (χ0) is 43.5. The minimum absolute atomic E-state index is 0. The van der Waals surface area contributed by atoms with E-state index in [1.165, 1.54) is 22.3 Å². The summed E-state index contributed by atoms with van der Waals surface area (Å²) < 4.78 is 9.12. The molecule has 5 nitrogen and oxygen atoms in total.